The summed E-state index contributed by atoms with van der Waals surface area (Å²) in [7, 11) is 0. The molecule has 2 atom stereocenters. The van der Waals surface area contributed by atoms with Crippen LogP contribution in [0, 0.1) is 5.92 Å². The van der Waals surface area contributed by atoms with Gasteiger partial charge in [0.2, 0.25) is 0 Å². The first-order valence-electron chi connectivity index (χ1n) is 19.5. The molecule has 270 valence electrons. The first kappa shape index (κ1) is 32.2. The van der Waals surface area contributed by atoms with Gasteiger partial charge in [-0.1, -0.05) is 140 Å². The van der Waals surface area contributed by atoms with Gasteiger partial charge in [-0.3, -0.25) is 0 Å². The van der Waals surface area contributed by atoms with Crippen LogP contribution in [0.2, 0.25) is 0 Å². The largest absolute Gasteiger partial charge is 0.455 e. The Hall–Kier alpha value is -7.02. The number of allylic oxidation sites excluding steroid dienone is 3. The number of benzene rings is 7. The molecular formula is C51H34N4OS. The number of amidine groups is 2. The first-order chi connectivity index (χ1) is 28.3. The van der Waals surface area contributed by atoms with Crippen molar-refractivity contribution in [1.82, 2.24) is 9.88 Å². The van der Waals surface area contributed by atoms with E-state index in [0.29, 0.717) is 0 Å². The van der Waals surface area contributed by atoms with Gasteiger partial charge in [-0.25, -0.2) is 9.98 Å². The Labute approximate surface area is 332 Å². The zero-order valence-electron chi connectivity index (χ0n) is 30.8. The number of para-hydroxylation sites is 3. The van der Waals surface area contributed by atoms with Crippen molar-refractivity contribution in [3.63, 3.8) is 0 Å². The second kappa shape index (κ2) is 12.8. The highest BCUT2D eigenvalue weighted by atomic mass is 32.1. The van der Waals surface area contributed by atoms with Crippen molar-refractivity contribution < 1.29 is 4.42 Å². The van der Waals surface area contributed by atoms with Crippen molar-refractivity contribution in [2.24, 2.45) is 15.9 Å². The fourth-order valence-corrected chi connectivity index (χ4v) is 10.3. The highest BCUT2D eigenvalue weighted by molar-refractivity contribution is 7.26. The Morgan fingerprint density at radius 1 is 0.614 bits per heavy atom. The molecule has 12 rings (SSSR count). The Bertz CT molecular complexity index is 3320. The summed E-state index contributed by atoms with van der Waals surface area (Å²) in [6.45, 7) is 0. The lowest BCUT2D eigenvalue weighted by Gasteiger charge is -2.27. The zero-order valence-corrected chi connectivity index (χ0v) is 31.6. The van der Waals surface area contributed by atoms with Crippen LogP contribution < -0.4 is 5.32 Å². The number of thiophene rings is 1. The van der Waals surface area contributed by atoms with E-state index in [2.05, 4.69) is 180 Å². The second-order valence-corrected chi connectivity index (χ2v) is 15.9. The molecule has 0 fully saturated rings. The van der Waals surface area contributed by atoms with Crippen molar-refractivity contribution in [2.75, 3.05) is 0 Å². The van der Waals surface area contributed by atoms with Gasteiger partial charge in [0.1, 0.15) is 23.2 Å². The second-order valence-electron chi connectivity index (χ2n) is 14.8. The molecule has 0 bridgehead atoms. The van der Waals surface area contributed by atoms with E-state index in [0.717, 1.165) is 68.0 Å². The number of hydrogen-bond donors (Lipinski definition) is 1. The highest BCUT2D eigenvalue weighted by Crippen LogP contribution is 2.46. The molecule has 7 aromatic carbocycles. The van der Waals surface area contributed by atoms with E-state index in [1.54, 1.807) is 0 Å². The molecule has 3 aromatic heterocycles. The maximum Gasteiger partial charge on any atom is 0.160 e. The number of nitrogens with one attached hydrogen (secondary N) is 1. The molecule has 0 saturated heterocycles. The van der Waals surface area contributed by atoms with Crippen molar-refractivity contribution in [3.8, 4) is 16.8 Å². The van der Waals surface area contributed by atoms with Crippen LogP contribution in [-0.4, -0.2) is 16.2 Å². The van der Waals surface area contributed by atoms with Crippen LogP contribution in [0.3, 0.4) is 0 Å². The minimum Gasteiger partial charge on any atom is -0.455 e. The number of fused-ring (bicyclic) bond motifs is 9. The number of aliphatic imine (C=N–C) groups is 2. The quantitative estimate of drug-likeness (QED) is 0.190. The van der Waals surface area contributed by atoms with Crippen LogP contribution in [0.4, 0.5) is 0 Å². The van der Waals surface area contributed by atoms with Crippen molar-refractivity contribution in [1.29, 1.82) is 0 Å². The van der Waals surface area contributed by atoms with Gasteiger partial charge in [0.25, 0.3) is 0 Å². The zero-order chi connectivity index (χ0) is 37.5. The topological polar surface area (TPSA) is 54.8 Å². The lowest BCUT2D eigenvalue weighted by atomic mass is 9.96. The average molecular weight is 751 g/mol. The van der Waals surface area contributed by atoms with Crippen molar-refractivity contribution in [3.05, 3.63) is 187 Å². The summed E-state index contributed by atoms with van der Waals surface area (Å²) in [6.07, 6.45) is 9.33. The Morgan fingerprint density at radius 3 is 2.12 bits per heavy atom. The number of aromatic nitrogens is 1. The van der Waals surface area contributed by atoms with Crippen LogP contribution in [0.5, 0.6) is 0 Å². The summed E-state index contributed by atoms with van der Waals surface area (Å²) >= 11 is 1.81. The van der Waals surface area contributed by atoms with Crippen molar-refractivity contribution in [2.45, 2.75) is 12.6 Å². The summed E-state index contributed by atoms with van der Waals surface area (Å²) in [5, 5.41) is 10.8. The molecule has 0 spiro atoms. The van der Waals surface area contributed by atoms with E-state index in [4.69, 9.17) is 14.4 Å². The molecule has 0 amide bonds. The first-order valence-corrected chi connectivity index (χ1v) is 20.3. The van der Waals surface area contributed by atoms with Crippen molar-refractivity contribution >= 4 is 86.9 Å². The average Bonchev–Trinajstić information content (AvgIpc) is 3.97. The molecule has 0 radical (unpaired) electrons. The molecule has 2 unspecified atom stereocenters. The Kier molecular flexibility index (Phi) is 7.22. The lowest BCUT2D eigenvalue weighted by molar-refractivity contribution is 0.643. The van der Waals surface area contributed by atoms with E-state index >= 15 is 0 Å². The molecule has 1 aliphatic carbocycles. The summed E-state index contributed by atoms with van der Waals surface area (Å²) in [5.41, 5.74) is 9.62. The fraction of sp³-hybridized carbons (Fsp3) is 0.0588. The molecule has 2 aliphatic rings. The Morgan fingerprint density at radius 2 is 1.32 bits per heavy atom. The van der Waals surface area contributed by atoms with Gasteiger partial charge in [-0.05, 0) is 53.9 Å². The summed E-state index contributed by atoms with van der Waals surface area (Å²) in [5.74, 6) is 1.88. The third-order valence-corrected chi connectivity index (χ3v) is 12.8. The molecule has 0 saturated carbocycles. The van der Waals surface area contributed by atoms with Gasteiger partial charge in [0, 0.05) is 53.4 Å². The van der Waals surface area contributed by atoms with E-state index in [1.807, 2.05) is 17.4 Å². The van der Waals surface area contributed by atoms with Crippen LogP contribution in [-0.2, 0) is 0 Å². The molecule has 57 heavy (non-hydrogen) atoms. The maximum absolute atomic E-state index is 6.92. The van der Waals surface area contributed by atoms with Crippen LogP contribution in [0.1, 0.15) is 23.7 Å². The van der Waals surface area contributed by atoms with E-state index < -0.39 is 0 Å². The smallest absolute Gasteiger partial charge is 0.160 e. The monoisotopic (exact) mass is 750 g/mol. The van der Waals surface area contributed by atoms with Gasteiger partial charge >= 0.3 is 0 Å². The van der Waals surface area contributed by atoms with E-state index in [-0.39, 0.29) is 12.1 Å². The molecule has 1 N–H and O–H groups in total. The van der Waals surface area contributed by atoms with E-state index in [1.165, 1.54) is 42.0 Å². The third-order valence-electron chi connectivity index (χ3n) is 11.6. The summed E-state index contributed by atoms with van der Waals surface area (Å²) in [6, 6.07) is 54.0. The predicted octanol–water partition coefficient (Wildman–Crippen LogP) is 13.3. The van der Waals surface area contributed by atoms with Gasteiger partial charge in [0.15, 0.2) is 5.84 Å². The van der Waals surface area contributed by atoms with Crippen LogP contribution in [0.25, 0.3) is 80.7 Å². The molecule has 1 aliphatic heterocycles. The number of nitrogens with zero attached hydrogens (tertiary/aromatic N) is 3. The van der Waals surface area contributed by atoms with Gasteiger partial charge in [-0.2, -0.15) is 0 Å². The molecule has 5 nitrogen and oxygen atoms in total. The Balaban J connectivity index is 1.05. The lowest BCUT2D eigenvalue weighted by Crippen LogP contribution is -2.37. The molecule has 6 heteroatoms. The predicted molar refractivity (Wildman–Crippen MR) is 239 cm³/mol. The summed E-state index contributed by atoms with van der Waals surface area (Å²) < 4.78 is 11.7. The normalized spacial score (nSPS) is 16.9. The number of rotatable bonds is 5. The standard InChI is InChI=1S/C51H34N4OS/c1-3-15-31(16-4-1)49-52-50(32-17-5-2-6-18-32)54-51(53-49)39-25-12-24-38-45-35(21-13-30-44(45)57-48(38)39)36-22-11-23-37-46-42(28-14-29-43(46)56-47(36)37)55-40-26-9-7-19-33(40)34-20-8-10-27-41(34)55/h1-17,19-30,32,49H,18H2,(H,52,53,54). The molecule has 10 aromatic rings. The minimum absolute atomic E-state index is 0.166. The van der Waals surface area contributed by atoms with Gasteiger partial charge in [-0.15, -0.1) is 11.3 Å². The minimum atomic E-state index is -0.230. The SMILES string of the molecule is C1=CCC(C2=NC(c3cccc4c3sc3cccc(-c5cccc6c5oc5cccc(-n7c8ccccc8c8ccccc87)c56)c34)=NC(c3ccccc3)N2)C=C1. The maximum atomic E-state index is 6.92. The number of furan rings is 1. The van der Waals surface area contributed by atoms with Crippen LogP contribution in [0.15, 0.2) is 190 Å². The van der Waals surface area contributed by atoms with Crippen LogP contribution >= 0.6 is 11.3 Å². The summed E-state index contributed by atoms with van der Waals surface area (Å²) in [4.78, 5) is 10.5. The van der Waals surface area contributed by atoms with Gasteiger partial charge in [0.05, 0.1) is 22.1 Å². The highest BCUT2D eigenvalue weighted by Gasteiger charge is 2.27. The molecular weight excluding hydrogens is 717 g/mol. The number of hydrogen-bond acceptors (Lipinski definition) is 5. The van der Waals surface area contributed by atoms with Gasteiger partial charge < -0.3 is 14.3 Å². The molecule has 4 heterocycles. The van der Waals surface area contributed by atoms with E-state index in [9.17, 15) is 0 Å². The fourth-order valence-electron chi connectivity index (χ4n) is 9.02. The third kappa shape index (κ3) is 5.00.